The van der Waals surface area contributed by atoms with Crippen LogP contribution in [0.5, 0.6) is 0 Å². The minimum Gasteiger partial charge on any atom is -0.481 e. The van der Waals surface area contributed by atoms with E-state index in [9.17, 15) is 18.0 Å². The number of piperidine rings is 1. The van der Waals surface area contributed by atoms with Crippen molar-refractivity contribution in [3.63, 3.8) is 0 Å². The highest BCUT2D eigenvalue weighted by Gasteiger charge is 2.27. The lowest BCUT2D eigenvalue weighted by molar-refractivity contribution is -0.137. The second-order valence-corrected chi connectivity index (χ2v) is 8.01. The number of nitrogens with two attached hydrogens (primary N) is 1. The Morgan fingerprint density at radius 3 is 2.67 bits per heavy atom. The molecule has 0 spiro atoms. The molecule has 7 nitrogen and oxygen atoms in total. The smallest absolute Gasteiger partial charge is 0.303 e. The van der Waals surface area contributed by atoms with Crippen LogP contribution < -0.4 is 5.73 Å². The van der Waals surface area contributed by atoms with E-state index in [1.165, 1.54) is 0 Å². The molecule has 0 aromatic heterocycles. The highest BCUT2D eigenvalue weighted by Crippen LogP contribution is 2.21. The van der Waals surface area contributed by atoms with Crippen molar-refractivity contribution >= 4 is 21.7 Å². The Kier molecular flexibility index (Phi) is 6.60. The Morgan fingerprint density at radius 2 is 2.10 bits per heavy atom. The van der Waals surface area contributed by atoms with Crippen LogP contribution in [0.1, 0.15) is 32.1 Å². The van der Waals surface area contributed by atoms with Gasteiger partial charge >= 0.3 is 5.97 Å². The summed E-state index contributed by atoms with van der Waals surface area (Å²) in [7, 11) is -3.13. The summed E-state index contributed by atoms with van der Waals surface area (Å²) >= 11 is 0. The van der Waals surface area contributed by atoms with Crippen molar-refractivity contribution in [2.45, 2.75) is 38.1 Å². The quantitative estimate of drug-likeness (QED) is 0.673. The number of hydrogen-bond donors (Lipinski definition) is 2. The lowest BCUT2D eigenvalue weighted by Crippen LogP contribution is -2.48. The number of sulfone groups is 1. The fourth-order valence-corrected chi connectivity index (χ4v) is 3.21. The fourth-order valence-electron chi connectivity index (χ4n) is 2.53. The monoisotopic (exact) mass is 320 g/mol. The average Bonchev–Trinajstić information content (AvgIpc) is 2.41. The molecule has 1 aliphatic rings. The molecular weight excluding hydrogens is 296 g/mol. The number of carboxylic acids is 1. The van der Waals surface area contributed by atoms with Gasteiger partial charge in [-0.2, -0.15) is 0 Å². The van der Waals surface area contributed by atoms with E-state index in [-0.39, 0.29) is 30.4 Å². The number of likely N-dealkylation sites (tertiary alicyclic amines) is 1. The third-order valence-electron chi connectivity index (χ3n) is 3.71. The number of aliphatic carboxylic acids is 1. The topological polar surface area (TPSA) is 118 Å². The molecule has 2 unspecified atom stereocenters. The van der Waals surface area contributed by atoms with Gasteiger partial charge in [-0.25, -0.2) is 8.42 Å². The number of hydrogen-bond acceptors (Lipinski definition) is 5. The van der Waals surface area contributed by atoms with E-state index in [2.05, 4.69) is 0 Å². The summed E-state index contributed by atoms with van der Waals surface area (Å²) in [5.74, 6) is -0.987. The van der Waals surface area contributed by atoms with Crippen LogP contribution in [-0.4, -0.2) is 61.4 Å². The zero-order valence-electron chi connectivity index (χ0n) is 12.3. The SMILES string of the molecule is CS(=O)(=O)CCC(N)C(=O)N1CCCC(CCC(=O)O)C1. The van der Waals surface area contributed by atoms with Gasteiger partial charge in [0.05, 0.1) is 11.8 Å². The van der Waals surface area contributed by atoms with Gasteiger partial charge in [0, 0.05) is 25.8 Å². The molecule has 1 rings (SSSR count). The summed E-state index contributed by atoms with van der Waals surface area (Å²) in [6.07, 6.45) is 3.63. The maximum absolute atomic E-state index is 12.2. The van der Waals surface area contributed by atoms with Crippen LogP contribution in [0.2, 0.25) is 0 Å². The van der Waals surface area contributed by atoms with E-state index in [0.717, 1.165) is 19.1 Å². The van der Waals surface area contributed by atoms with Gasteiger partial charge in [0.15, 0.2) is 0 Å². The van der Waals surface area contributed by atoms with E-state index >= 15 is 0 Å². The molecule has 21 heavy (non-hydrogen) atoms. The second kappa shape index (κ2) is 7.74. The molecule has 0 radical (unpaired) electrons. The number of carbonyl (C=O) groups excluding carboxylic acids is 1. The van der Waals surface area contributed by atoms with Gasteiger partial charge in [0.1, 0.15) is 9.84 Å². The summed E-state index contributed by atoms with van der Waals surface area (Å²) in [5.41, 5.74) is 5.77. The fraction of sp³-hybridized carbons (Fsp3) is 0.846. The van der Waals surface area contributed by atoms with Crippen molar-refractivity contribution in [3.05, 3.63) is 0 Å². The molecule has 0 aromatic carbocycles. The molecule has 1 saturated heterocycles. The lowest BCUT2D eigenvalue weighted by Gasteiger charge is -2.34. The molecule has 122 valence electrons. The molecule has 1 fully saturated rings. The van der Waals surface area contributed by atoms with Gasteiger partial charge in [0.2, 0.25) is 5.91 Å². The second-order valence-electron chi connectivity index (χ2n) is 5.75. The Bertz CT molecular complexity index is 477. The summed E-state index contributed by atoms with van der Waals surface area (Å²) in [6, 6.07) is -0.807. The molecule has 0 saturated carbocycles. The molecule has 0 aromatic rings. The highest BCUT2D eigenvalue weighted by atomic mass is 32.2. The molecule has 1 aliphatic heterocycles. The van der Waals surface area contributed by atoms with Gasteiger partial charge in [-0.3, -0.25) is 9.59 Å². The van der Waals surface area contributed by atoms with E-state index < -0.39 is 21.8 Å². The molecule has 8 heteroatoms. The summed E-state index contributed by atoms with van der Waals surface area (Å²) in [4.78, 5) is 24.4. The van der Waals surface area contributed by atoms with Crippen molar-refractivity contribution in [1.29, 1.82) is 0 Å². The van der Waals surface area contributed by atoms with Gasteiger partial charge in [0.25, 0.3) is 0 Å². The summed E-state index contributed by atoms with van der Waals surface area (Å²) in [6.45, 7) is 1.12. The normalized spacial score (nSPS) is 21.0. The molecule has 3 N–H and O–H groups in total. The molecule has 1 amide bonds. The Labute approximate surface area is 125 Å². The first-order chi connectivity index (χ1) is 9.69. The number of carboxylic acid groups (broad SMARTS) is 1. The Hall–Kier alpha value is -1.15. The minimum absolute atomic E-state index is 0.101. The predicted octanol–water partition coefficient (Wildman–Crippen LogP) is -0.148. The van der Waals surface area contributed by atoms with Gasteiger partial charge in [-0.05, 0) is 31.6 Å². The van der Waals surface area contributed by atoms with E-state index in [4.69, 9.17) is 10.8 Å². The number of carbonyl (C=O) groups is 2. The Morgan fingerprint density at radius 1 is 1.43 bits per heavy atom. The lowest BCUT2D eigenvalue weighted by atomic mass is 9.93. The largest absolute Gasteiger partial charge is 0.481 e. The van der Waals surface area contributed by atoms with Gasteiger partial charge in [-0.15, -0.1) is 0 Å². The third kappa shape index (κ3) is 6.90. The Balaban J connectivity index is 2.47. The maximum Gasteiger partial charge on any atom is 0.303 e. The van der Waals surface area contributed by atoms with Crippen LogP contribution in [-0.2, 0) is 19.4 Å². The van der Waals surface area contributed by atoms with Gasteiger partial charge in [-0.1, -0.05) is 0 Å². The minimum atomic E-state index is -3.13. The first-order valence-corrected chi connectivity index (χ1v) is 9.19. The molecule has 1 heterocycles. The summed E-state index contributed by atoms with van der Waals surface area (Å²) in [5, 5.41) is 8.70. The van der Waals surface area contributed by atoms with Crippen molar-refractivity contribution in [1.82, 2.24) is 4.90 Å². The average molecular weight is 320 g/mol. The van der Waals surface area contributed by atoms with Crippen molar-refractivity contribution in [2.24, 2.45) is 11.7 Å². The number of rotatable bonds is 7. The number of nitrogens with zero attached hydrogens (tertiary/aromatic N) is 1. The molecular formula is C13H24N2O5S. The molecule has 0 aliphatic carbocycles. The van der Waals surface area contributed by atoms with Crippen LogP contribution in [0, 0.1) is 5.92 Å². The highest BCUT2D eigenvalue weighted by molar-refractivity contribution is 7.90. The van der Waals surface area contributed by atoms with Crippen LogP contribution in [0.25, 0.3) is 0 Å². The maximum atomic E-state index is 12.2. The van der Waals surface area contributed by atoms with Crippen molar-refractivity contribution < 1.29 is 23.1 Å². The van der Waals surface area contributed by atoms with Crippen molar-refractivity contribution in [2.75, 3.05) is 25.1 Å². The first-order valence-electron chi connectivity index (χ1n) is 7.13. The van der Waals surface area contributed by atoms with E-state index in [1.807, 2.05) is 0 Å². The van der Waals surface area contributed by atoms with E-state index in [0.29, 0.717) is 19.5 Å². The zero-order valence-corrected chi connectivity index (χ0v) is 13.1. The van der Waals surface area contributed by atoms with Crippen molar-refractivity contribution in [3.8, 4) is 0 Å². The zero-order chi connectivity index (χ0) is 16.0. The molecule has 2 atom stereocenters. The predicted molar refractivity (Wildman–Crippen MR) is 78.5 cm³/mol. The van der Waals surface area contributed by atoms with Crippen LogP contribution in [0.3, 0.4) is 0 Å². The third-order valence-corrected chi connectivity index (χ3v) is 4.69. The summed E-state index contributed by atoms with van der Waals surface area (Å²) < 4.78 is 22.2. The van der Waals surface area contributed by atoms with Gasteiger partial charge < -0.3 is 15.7 Å². The van der Waals surface area contributed by atoms with Crippen LogP contribution in [0.15, 0.2) is 0 Å². The van der Waals surface area contributed by atoms with Crippen LogP contribution in [0.4, 0.5) is 0 Å². The van der Waals surface area contributed by atoms with Crippen LogP contribution >= 0.6 is 0 Å². The van der Waals surface area contributed by atoms with E-state index in [1.54, 1.807) is 4.90 Å². The molecule has 0 bridgehead atoms. The first kappa shape index (κ1) is 17.9. The number of amides is 1. The standard InChI is InChI=1S/C13H24N2O5S/c1-21(19,20)8-6-11(14)13(18)15-7-2-3-10(9-15)4-5-12(16)17/h10-11H,2-9,14H2,1H3,(H,16,17).